The second kappa shape index (κ2) is 5.91. The molecule has 0 aliphatic heterocycles. The molecule has 3 nitrogen and oxygen atoms in total. The third-order valence-electron chi connectivity index (χ3n) is 2.79. The maximum Gasteiger partial charge on any atom is 0.298 e. The molecular weight excluding hydrogens is 272 g/mol. The predicted molar refractivity (Wildman–Crippen MR) is 77.5 cm³/mol. The number of hydrogen-bond acceptors (Lipinski definition) is 3. The van der Waals surface area contributed by atoms with Gasteiger partial charge in [0.2, 0.25) is 0 Å². The van der Waals surface area contributed by atoms with Crippen LogP contribution in [0.5, 0.6) is 0 Å². The quantitative estimate of drug-likeness (QED) is 0.641. The molecule has 1 atom stereocenters. The van der Waals surface area contributed by atoms with Gasteiger partial charge >= 0.3 is 0 Å². The van der Waals surface area contributed by atoms with Crippen LogP contribution in [0.15, 0.2) is 59.5 Å². The molecule has 2 aromatic rings. The highest BCUT2D eigenvalue weighted by molar-refractivity contribution is 7.86. The van der Waals surface area contributed by atoms with E-state index in [1.807, 2.05) is 13.0 Å². The van der Waals surface area contributed by atoms with Crippen molar-refractivity contribution in [2.24, 2.45) is 0 Å². The molecule has 102 valence electrons. The molecule has 0 aliphatic carbocycles. The fraction of sp³-hybridized carbons (Fsp3) is 0.125. The smallest absolute Gasteiger partial charge is 0.245 e. The molecule has 0 saturated carbocycles. The Morgan fingerprint density at radius 2 is 1.65 bits per heavy atom. The highest BCUT2D eigenvalue weighted by Gasteiger charge is 2.21. The molecule has 1 unspecified atom stereocenters. The van der Waals surface area contributed by atoms with Crippen LogP contribution in [-0.2, 0) is 14.3 Å². The summed E-state index contributed by atoms with van der Waals surface area (Å²) in [5.74, 6) is 2.35. The minimum atomic E-state index is -3.88. The molecule has 0 bridgehead atoms. The molecule has 0 heterocycles. The first-order valence-electron chi connectivity index (χ1n) is 6.04. The van der Waals surface area contributed by atoms with Crippen molar-refractivity contribution in [2.75, 3.05) is 0 Å². The van der Waals surface area contributed by atoms with Gasteiger partial charge in [-0.3, -0.25) is 0 Å². The van der Waals surface area contributed by atoms with Gasteiger partial charge in [0.15, 0.2) is 6.10 Å². The third-order valence-corrected chi connectivity index (χ3v) is 4.08. The Morgan fingerprint density at radius 1 is 1.05 bits per heavy atom. The molecule has 2 aromatic carbocycles. The lowest BCUT2D eigenvalue weighted by Gasteiger charge is -2.12. The minimum absolute atomic E-state index is 0.0966. The van der Waals surface area contributed by atoms with Gasteiger partial charge < -0.3 is 0 Å². The molecule has 0 fully saturated rings. The number of terminal acetylenes is 1. The summed E-state index contributed by atoms with van der Waals surface area (Å²) in [6, 6.07) is 15.3. The lowest BCUT2D eigenvalue weighted by molar-refractivity contribution is 0.270. The molecule has 4 heteroatoms. The Hall–Kier alpha value is -2.09. The van der Waals surface area contributed by atoms with Crippen LogP contribution in [0, 0.1) is 19.3 Å². The van der Waals surface area contributed by atoms with Gasteiger partial charge in [0, 0.05) is 0 Å². The second-order valence-corrected chi connectivity index (χ2v) is 5.89. The van der Waals surface area contributed by atoms with Crippen molar-refractivity contribution in [1.29, 1.82) is 0 Å². The van der Waals surface area contributed by atoms with Crippen molar-refractivity contribution in [3.63, 3.8) is 0 Å². The zero-order valence-corrected chi connectivity index (χ0v) is 11.8. The first-order chi connectivity index (χ1) is 9.53. The van der Waals surface area contributed by atoms with E-state index in [0.717, 1.165) is 5.56 Å². The highest BCUT2D eigenvalue weighted by atomic mass is 32.2. The van der Waals surface area contributed by atoms with Crippen molar-refractivity contribution in [3.8, 4) is 12.3 Å². The topological polar surface area (TPSA) is 43.4 Å². The fourth-order valence-electron chi connectivity index (χ4n) is 1.69. The first-order valence-corrected chi connectivity index (χ1v) is 7.45. The Balaban J connectivity index is 2.28. The maximum atomic E-state index is 12.2. The lowest BCUT2D eigenvalue weighted by Crippen LogP contribution is -2.11. The highest BCUT2D eigenvalue weighted by Crippen LogP contribution is 2.23. The molecule has 20 heavy (non-hydrogen) atoms. The first kappa shape index (κ1) is 14.3. The van der Waals surface area contributed by atoms with Crippen LogP contribution in [0.1, 0.15) is 17.2 Å². The largest absolute Gasteiger partial charge is 0.298 e. The summed E-state index contributed by atoms with van der Waals surface area (Å²) >= 11 is 0. The Labute approximate surface area is 119 Å². The van der Waals surface area contributed by atoms with E-state index in [2.05, 4.69) is 5.92 Å². The van der Waals surface area contributed by atoms with E-state index in [1.165, 1.54) is 12.1 Å². The van der Waals surface area contributed by atoms with Gasteiger partial charge in [-0.1, -0.05) is 53.9 Å². The summed E-state index contributed by atoms with van der Waals surface area (Å²) in [7, 11) is -3.88. The van der Waals surface area contributed by atoms with Crippen LogP contribution in [0.25, 0.3) is 0 Å². The van der Waals surface area contributed by atoms with Crippen molar-refractivity contribution in [3.05, 3.63) is 65.7 Å². The van der Waals surface area contributed by atoms with E-state index >= 15 is 0 Å². The van der Waals surface area contributed by atoms with Crippen LogP contribution < -0.4 is 0 Å². The molecule has 0 saturated heterocycles. The number of benzene rings is 2. The molecule has 0 spiro atoms. The van der Waals surface area contributed by atoms with Gasteiger partial charge in [-0.05, 0) is 24.6 Å². The molecule has 0 radical (unpaired) electrons. The van der Waals surface area contributed by atoms with Gasteiger partial charge in [-0.25, -0.2) is 4.18 Å². The van der Waals surface area contributed by atoms with E-state index in [4.69, 9.17) is 10.6 Å². The summed E-state index contributed by atoms with van der Waals surface area (Å²) in [6.07, 6.45) is 4.45. The molecule has 2 rings (SSSR count). The molecule has 0 aromatic heterocycles. The zero-order chi connectivity index (χ0) is 14.6. The third kappa shape index (κ3) is 3.27. The van der Waals surface area contributed by atoms with Crippen LogP contribution in [-0.4, -0.2) is 8.42 Å². The normalized spacial score (nSPS) is 12.6. The van der Waals surface area contributed by atoms with Crippen LogP contribution in [0.3, 0.4) is 0 Å². The van der Waals surface area contributed by atoms with Crippen molar-refractivity contribution in [1.82, 2.24) is 0 Å². The molecule has 0 N–H and O–H groups in total. The van der Waals surface area contributed by atoms with Gasteiger partial charge in [-0.2, -0.15) is 8.42 Å². The van der Waals surface area contributed by atoms with E-state index in [0.29, 0.717) is 5.56 Å². The summed E-state index contributed by atoms with van der Waals surface area (Å²) < 4.78 is 29.5. The minimum Gasteiger partial charge on any atom is -0.245 e. The van der Waals surface area contributed by atoms with Crippen LogP contribution in [0.2, 0.25) is 0 Å². The number of rotatable bonds is 4. The molecular formula is C16H14O3S. The summed E-state index contributed by atoms with van der Waals surface area (Å²) in [6.45, 7) is 1.88. The summed E-state index contributed by atoms with van der Waals surface area (Å²) in [4.78, 5) is 0.0966. The van der Waals surface area contributed by atoms with E-state index in [1.54, 1.807) is 36.4 Å². The Morgan fingerprint density at radius 3 is 2.20 bits per heavy atom. The van der Waals surface area contributed by atoms with Crippen molar-refractivity contribution >= 4 is 10.1 Å². The zero-order valence-electron chi connectivity index (χ0n) is 11.0. The van der Waals surface area contributed by atoms with Gasteiger partial charge in [0.25, 0.3) is 10.1 Å². The van der Waals surface area contributed by atoms with Crippen molar-refractivity contribution < 1.29 is 12.6 Å². The lowest BCUT2D eigenvalue weighted by atomic mass is 10.1. The average molecular weight is 286 g/mol. The van der Waals surface area contributed by atoms with E-state index < -0.39 is 16.2 Å². The molecule has 0 amide bonds. The van der Waals surface area contributed by atoms with Crippen LogP contribution in [0.4, 0.5) is 0 Å². The second-order valence-electron chi connectivity index (χ2n) is 4.32. The number of hydrogen-bond donors (Lipinski definition) is 0. The average Bonchev–Trinajstić information content (AvgIpc) is 2.46. The van der Waals surface area contributed by atoms with Gasteiger partial charge in [-0.15, -0.1) is 6.42 Å². The SMILES string of the molecule is C#CC(OS(=O)(=O)c1ccc(C)cc1)c1ccccc1. The standard InChI is InChI=1S/C16H14O3S/c1-3-16(14-7-5-4-6-8-14)19-20(17,18)15-11-9-13(2)10-12-15/h1,4-12,16H,2H3. The number of aryl methyl sites for hydroxylation is 1. The van der Waals surface area contributed by atoms with E-state index in [9.17, 15) is 8.42 Å². The van der Waals surface area contributed by atoms with Crippen LogP contribution >= 0.6 is 0 Å². The monoisotopic (exact) mass is 286 g/mol. The van der Waals surface area contributed by atoms with Gasteiger partial charge in [0.1, 0.15) is 0 Å². The molecule has 0 aliphatic rings. The fourth-order valence-corrected chi connectivity index (χ4v) is 2.70. The Kier molecular flexibility index (Phi) is 4.23. The predicted octanol–water partition coefficient (Wildman–Crippen LogP) is 3.07. The Bertz CT molecular complexity index is 711. The van der Waals surface area contributed by atoms with Gasteiger partial charge in [0.05, 0.1) is 4.90 Å². The maximum absolute atomic E-state index is 12.2. The van der Waals surface area contributed by atoms with E-state index in [-0.39, 0.29) is 4.90 Å². The summed E-state index contributed by atoms with van der Waals surface area (Å²) in [5, 5.41) is 0. The van der Waals surface area contributed by atoms with Crippen molar-refractivity contribution in [2.45, 2.75) is 17.9 Å². The summed E-state index contributed by atoms with van der Waals surface area (Å²) in [5.41, 5.74) is 1.60.